The summed E-state index contributed by atoms with van der Waals surface area (Å²) in [6, 6.07) is 6.62. The molecule has 0 fully saturated rings. The van der Waals surface area contributed by atoms with Gasteiger partial charge in [-0.2, -0.15) is 0 Å². The zero-order chi connectivity index (χ0) is 13.6. The van der Waals surface area contributed by atoms with Crippen LogP contribution >= 0.6 is 0 Å². The quantitative estimate of drug-likeness (QED) is 0.729. The minimum atomic E-state index is -3.37. The van der Waals surface area contributed by atoms with E-state index in [-0.39, 0.29) is 11.8 Å². The first-order valence-electron chi connectivity index (χ1n) is 5.85. The number of sulfonamides is 1. The maximum absolute atomic E-state index is 11.9. The zero-order valence-corrected chi connectivity index (χ0v) is 11.5. The van der Waals surface area contributed by atoms with Crippen molar-refractivity contribution < 1.29 is 13.2 Å². The van der Waals surface area contributed by atoms with Gasteiger partial charge >= 0.3 is 0 Å². The Morgan fingerprint density at radius 3 is 2.78 bits per heavy atom. The third-order valence-corrected chi connectivity index (χ3v) is 3.74. The molecule has 0 saturated heterocycles. The molecule has 0 amide bonds. The van der Waals surface area contributed by atoms with E-state index in [2.05, 4.69) is 4.72 Å². The molecule has 0 bridgehead atoms. The second kappa shape index (κ2) is 6.72. The van der Waals surface area contributed by atoms with Crippen molar-refractivity contribution in [1.29, 1.82) is 0 Å². The lowest BCUT2D eigenvalue weighted by atomic mass is 10.2. The van der Waals surface area contributed by atoms with Gasteiger partial charge in [0.25, 0.3) is 0 Å². The van der Waals surface area contributed by atoms with Crippen LogP contribution in [0.2, 0.25) is 0 Å². The SMILES string of the molecule is CCOCC(C)NS(=O)(=O)Cc1cccc(N)c1. The molecule has 1 atom stereocenters. The standard InChI is InChI=1S/C12H20N2O3S/c1-3-17-8-10(2)14-18(15,16)9-11-5-4-6-12(13)7-11/h4-7,10,14H,3,8-9,13H2,1-2H3. The number of nitrogens with two attached hydrogens (primary N) is 1. The first-order valence-corrected chi connectivity index (χ1v) is 7.50. The van der Waals surface area contributed by atoms with Gasteiger partial charge in [-0.05, 0) is 31.5 Å². The molecule has 1 aromatic carbocycles. The van der Waals surface area contributed by atoms with Crippen LogP contribution in [0.1, 0.15) is 19.4 Å². The van der Waals surface area contributed by atoms with E-state index in [0.29, 0.717) is 24.5 Å². The van der Waals surface area contributed by atoms with Crippen LogP contribution in [0.25, 0.3) is 0 Å². The Balaban J connectivity index is 2.59. The van der Waals surface area contributed by atoms with Crippen molar-refractivity contribution in [2.75, 3.05) is 18.9 Å². The molecule has 0 heterocycles. The molecule has 0 aliphatic heterocycles. The summed E-state index contributed by atoms with van der Waals surface area (Å²) in [5, 5.41) is 0. The van der Waals surface area contributed by atoms with Gasteiger partial charge in [0, 0.05) is 18.3 Å². The predicted octanol–water partition coefficient (Wildman–Crippen LogP) is 1.11. The molecule has 0 aromatic heterocycles. The molecule has 102 valence electrons. The Hall–Kier alpha value is -1.11. The van der Waals surface area contributed by atoms with Crippen LogP contribution in [0, 0.1) is 0 Å². The molecule has 18 heavy (non-hydrogen) atoms. The van der Waals surface area contributed by atoms with Gasteiger partial charge < -0.3 is 10.5 Å². The fourth-order valence-electron chi connectivity index (χ4n) is 1.58. The molecule has 1 unspecified atom stereocenters. The summed E-state index contributed by atoms with van der Waals surface area (Å²) in [5.74, 6) is -0.0749. The van der Waals surface area contributed by atoms with Crippen molar-refractivity contribution in [2.24, 2.45) is 0 Å². The summed E-state index contributed by atoms with van der Waals surface area (Å²) in [7, 11) is -3.37. The number of ether oxygens (including phenoxy) is 1. The lowest BCUT2D eigenvalue weighted by Crippen LogP contribution is -2.36. The zero-order valence-electron chi connectivity index (χ0n) is 10.7. The Morgan fingerprint density at radius 1 is 1.44 bits per heavy atom. The molecule has 0 aliphatic rings. The van der Waals surface area contributed by atoms with Gasteiger partial charge in [0.15, 0.2) is 0 Å². The number of benzene rings is 1. The van der Waals surface area contributed by atoms with Gasteiger partial charge in [0.1, 0.15) is 0 Å². The topological polar surface area (TPSA) is 81.4 Å². The number of rotatable bonds is 7. The second-order valence-corrected chi connectivity index (χ2v) is 5.94. The van der Waals surface area contributed by atoms with Crippen molar-refractivity contribution >= 4 is 15.7 Å². The summed E-state index contributed by atoms with van der Waals surface area (Å²) in [4.78, 5) is 0. The van der Waals surface area contributed by atoms with Gasteiger partial charge in [-0.1, -0.05) is 12.1 Å². The second-order valence-electron chi connectivity index (χ2n) is 4.18. The highest BCUT2D eigenvalue weighted by molar-refractivity contribution is 7.88. The molecule has 0 aliphatic carbocycles. The fourth-order valence-corrected chi connectivity index (χ4v) is 2.96. The molecular weight excluding hydrogens is 252 g/mol. The predicted molar refractivity (Wildman–Crippen MR) is 72.6 cm³/mol. The third-order valence-electron chi connectivity index (χ3n) is 2.26. The van der Waals surface area contributed by atoms with E-state index in [1.165, 1.54) is 0 Å². The summed E-state index contributed by atoms with van der Waals surface area (Å²) >= 11 is 0. The fraction of sp³-hybridized carbons (Fsp3) is 0.500. The Bertz CT molecular complexity index is 474. The van der Waals surface area contributed by atoms with Gasteiger partial charge in [0.05, 0.1) is 12.4 Å². The maximum Gasteiger partial charge on any atom is 0.216 e. The van der Waals surface area contributed by atoms with E-state index < -0.39 is 10.0 Å². The molecule has 6 heteroatoms. The van der Waals surface area contributed by atoms with Crippen LogP contribution in [0.4, 0.5) is 5.69 Å². The van der Waals surface area contributed by atoms with E-state index in [1.54, 1.807) is 31.2 Å². The van der Waals surface area contributed by atoms with Crippen LogP contribution in [0.5, 0.6) is 0 Å². The van der Waals surface area contributed by atoms with Gasteiger partial charge in [0.2, 0.25) is 10.0 Å². The van der Waals surface area contributed by atoms with Gasteiger partial charge in [-0.15, -0.1) is 0 Å². The highest BCUT2D eigenvalue weighted by Gasteiger charge is 2.15. The molecule has 0 saturated carbocycles. The smallest absolute Gasteiger partial charge is 0.216 e. The summed E-state index contributed by atoms with van der Waals surface area (Å²) in [6.45, 7) is 4.58. The van der Waals surface area contributed by atoms with Crippen molar-refractivity contribution in [3.05, 3.63) is 29.8 Å². The van der Waals surface area contributed by atoms with E-state index in [4.69, 9.17) is 10.5 Å². The summed E-state index contributed by atoms with van der Waals surface area (Å²) in [6.07, 6.45) is 0. The molecule has 5 nitrogen and oxygen atoms in total. The molecule has 1 aromatic rings. The van der Waals surface area contributed by atoms with Crippen LogP contribution in [-0.2, 0) is 20.5 Å². The van der Waals surface area contributed by atoms with Gasteiger partial charge in [-0.3, -0.25) is 0 Å². The normalized spacial score (nSPS) is 13.4. The first kappa shape index (κ1) is 14.9. The van der Waals surface area contributed by atoms with Crippen molar-refractivity contribution in [3.8, 4) is 0 Å². The minimum absolute atomic E-state index is 0.0749. The van der Waals surface area contributed by atoms with Crippen molar-refractivity contribution in [2.45, 2.75) is 25.6 Å². The monoisotopic (exact) mass is 272 g/mol. The van der Waals surface area contributed by atoms with Crippen LogP contribution in [-0.4, -0.2) is 27.7 Å². The molecule has 0 radical (unpaired) electrons. The third kappa shape index (κ3) is 5.48. The van der Waals surface area contributed by atoms with Gasteiger partial charge in [-0.25, -0.2) is 13.1 Å². The largest absolute Gasteiger partial charge is 0.399 e. The average Bonchev–Trinajstić information content (AvgIpc) is 2.24. The number of nitrogen functional groups attached to an aromatic ring is 1. The van der Waals surface area contributed by atoms with Crippen molar-refractivity contribution in [1.82, 2.24) is 4.72 Å². The lowest BCUT2D eigenvalue weighted by molar-refractivity contribution is 0.133. The Morgan fingerprint density at radius 2 is 2.17 bits per heavy atom. The van der Waals surface area contributed by atoms with Crippen LogP contribution in [0.15, 0.2) is 24.3 Å². The van der Waals surface area contributed by atoms with Crippen LogP contribution in [0.3, 0.4) is 0 Å². The lowest BCUT2D eigenvalue weighted by Gasteiger charge is -2.14. The number of hydrogen-bond acceptors (Lipinski definition) is 4. The maximum atomic E-state index is 11.9. The highest BCUT2D eigenvalue weighted by atomic mass is 32.2. The highest BCUT2D eigenvalue weighted by Crippen LogP contribution is 2.10. The van der Waals surface area contributed by atoms with Crippen LogP contribution < -0.4 is 10.5 Å². The van der Waals surface area contributed by atoms with Crippen molar-refractivity contribution in [3.63, 3.8) is 0 Å². The molecule has 0 spiro atoms. The number of nitrogens with one attached hydrogen (secondary N) is 1. The summed E-state index contributed by atoms with van der Waals surface area (Å²) in [5.41, 5.74) is 6.84. The first-order chi connectivity index (χ1) is 8.43. The number of hydrogen-bond donors (Lipinski definition) is 2. The molecule has 3 N–H and O–H groups in total. The van der Waals surface area contributed by atoms with E-state index in [9.17, 15) is 8.42 Å². The summed E-state index contributed by atoms with van der Waals surface area (Å²) < 4.78 is 31.5. The Labute approximate surface area is 108 Å². The average molecular weight is 272 g/mol. The van der Waals surface area contributed by atoms with E-state index in [0.717, 1.165) is 0 Å². The molecule has 1 rings (SSSR count). The van der Waals surface area contributed by atoms with E-state index >= 15 is 0 Å². The Kier molecular flexibility index (Phi) is 5.58. The minimum Gasteiger partial charge on any atom is -0.399 e. The van der Waals surface area contributed by atoms with E-state index in [1.807, 2.05) is 6.92 Å². The molecular formula is C12H20N2O3S. The number of anilines is 1.